The van der Waals surface area contributed by atoms with Gasteiger partial charge in [0.1, 0.15) is 5.76 Å². The molecule has 0 radical (unpaired) electrons. The first-order chi connectivity index (χ1) is 6.06. The molecule has 0 spiro atoms. The summed E-state index contributed by atoms with van der Waals surface area (Å²) in [6.45, 7) is 5.97. The van der Waals surface area contributed by atoms with Gasteiger partial charge < -0.3 is 15.2 Å². The number of methoxy groups -OCH3 is 1. The van der Waals surface area contributed by atoms with Crippen LogP contribution in [-0.2, 0) is 4.74 Å². The van der Waals surface area contributed by atoms with E-state index in [1.54, 1.807) is 7.11 Å². The summed E-state index contributed by atoms with van der Waals surface area (Å²) >= 11 is 0. The molecule has 0 saturated carbocycles. The number of aliphatic hydroxyl groups excluding tert-OH is 1. The zero-order valence-corrected chi connectivity index (χ0v) is 8.59. The van der Waals surface area contributed by atoms with Gasteiger partial charge in [0.15, 0.2) is 5.76 Å². The van der Waals surface area contributed by atoms with Crippen molar-refractivity contribution in [2.45, 2.75) is 26.8 Å². The summed E-state index contributed by atoms with van der Waals surface area (Å²) in [5, 5.41) is 13.0. The van der Waals surface area contributed by atoms with E-state index in [0.717, 1.165) is 5.70 Å². The van der Waals surface area contributed by atoms with E-state index in [9.17, 15) is 5.11 Å². The lowest BCUT2D eigenvalue weighted by atomic mass is 10.0. The summed E-state index contributed by atoms with van der Waals surface area (Å²) in [4.78, 5) is 0. The van der Waals surface area contributed by atoms with Crippen molar-refractivity contribution in [1.29, 1.82) is 0 Å². The molecule has 1 rings (SSSR count). The van der Waals surface area contributed by atoms with Crippen LogP contribution in [0.4, 0.5) is 0 Å². The van der Waals surface area contributed by atoms with Crippen LogP contribution in [0.2, 0.25) is 0 Å². The molecule has 74 valence electrons. The minimum Gasteiger partial charge on any atom is -0.508 e. The Morgan fingerprint density at radius 1 is 1.46 bits per heavy atom. The highest BCUT2D eigenvalue weighted by Gasteiger charge is 2.22. The third kappa shape index (κ3) is 1.97. The highest BCUT2D eigenvalue weighted by molar-refractivity contribution is 5.24. The summed E-state index contributed by atoms with van der Waals surface area (Å²) in [6, 6.07) is 0.226. The Bertz CT molecular complexity index is 256. The average molecular weight is 183 g/mol. The number of hydrogen-bond donors (Lipinski definition) is 2. The summed E-state index contributed by atoms with van der Waals surface area (Å²) in [5.41, 5.74) is 1.01. The molecule has 0 fully saturated rings. The van der Waals surface area contributed by atoms with Crippen LogP contribution in [0.3, 0.4) is 0 Å². The van der Waals surface area contributed by atoms with E-state index >= 15 is 0 Å². The first-order valence-electron chi connectivity index (χ1n) is 4.48. The van der Waals surface area contributed by atoms with E-state index in [1.165, 1.54) is 0 Å². The largest absolute Gasteiger partial charge is 0.508 e. The number of allylic oxidation sites excluding steroid dienone is 2. The molecule has 0 aromatic rings. The fourth-order valence-corrected chi connectivity index (χ4v) is 1.42. The molecular formula is C10H17NO2. The molecular weight excluding hydrogens is 166 g/mol. The molecule has 0 saturated heterocycles. The van der Waals surface area contributed by atoms with Gasteiger partial charge in [-0.15, -0.1) is 0 Å². The summed E-state index contributed by atoms with van der Waals surface area (Å²) in [5.74, 6) is 0.949. The van der Waals surface area contributed by atoms with E-state index in [1.807, 2.05) is 26.8 Å². The third-order valence-corrected chi connectivity index (χ3v) is 2.46. The van der Waals surface area contributed by atoms with Crippen LogP contribution in [0.15, 0.2) is 23.3 Å². The predicted octanol–water partition coefficient (Wildman–Crippen LogP) is 1.93. The molecule has 1 aliphatic rings. The Balaban J connectivity index is 3.03. The number of aliphatic hydroxyl groups is 1. The second-order valence-electron chi connectivity index (χ2n) is 3.50. The van der Waals surface area contributed by atoms with Gasteiger partial charge in [-0.3, -0.25) is 0 Å². The number of hydrogen-bond acceptors (Lipinski definition) is 3. The smallest absolute Gasteiger partial charge is 0.158 e. The monoisotopic (exact) mass is 183 g/mol. The fourth-order valence-electron chi connectivity index (χ4n) is 1.42. The van der Waals surface area contributed by atoms with Crippen molar-refractivity contribution >= 4 is 0 Å². The van der Waals surface area contributed by atoms with Gasteiger partial charge in [-0.2, -0.15) is 0 Å². The Kier molecular flexibility index (Phi) is 2.86. The molecule has 13 heavy (non-hydrogen) atoms. The van der Waals surface area contributed by atoms with Gasteiger partial charge in [0, 0.05) is 23.7 Å². The topological polar surface area (TPSA) is 41.5 Å². The van der Waals surface area contributed by atoms with Crippen molar-refractivity contribution in [2.24, 2.45) is 5.92 Å². The average Bonchev–Trinajstić information content (AvgIpc) is 2.18. The zero-order chi connectivity index (χ0) is 10.0. The Morgan fingerprint density at radius 3 is 2.62 bits per heavy atom. The summed E-state index contributed by atoms with van der Waals surface area (Å²) in [6.07, 6.45) is 1.81. The van der Waals surface area contributed by atoms with E-state index < -0.39 is 0 Å². The van der Waals surface area contributed by atoms with Crippen LogP contribution in [0, 0.1) is 5.92 Å². The molecule has 1 heterocycles. The number of ether oxygens (including phenoxy) is 1. The van der Waals surface area contributed by atoms with Crippen LogP contribution in [-0.4, -0.2) is 18.3 Å². The van der Waals surface area contributed by atoms with Crippen molar-refractivity contribution in [3.05, 3.63) is 23.3 Å². The molecule has 0 unspecified atom stereocenters. The molecule has 2 atom stereocenters. The maximum absolute atomic E-state index is 9.78. The molecule has 1 aliphatic heterocycles. The zero-order valence-electron chi connectivity index (χ0n) is 8.59. The summed E-state index contributed by atoms with van der Waals surface area (Å²) in [7, 11) is 1.57. The maximum Gasteiger partial charge on any atom is 0.158 e. The summed E-state index contributed by atoms with van der Waals surface area (Å²) < 4.78 is 5.09. The molecule has 3 heteroatoms. The van der Waals surface area contributed by atoms with E-state index in [0.29, 0.717) is 11.5 Å². The van der Waals surface area contributed by atoms with Crippen molar-refractivity contribution in [3.63, 3.8) is 0 Å². The van der Waals surface area contributed by atoms with E-state index in [-0.39, 0.29) is 12.0 Å². The highest BCUT2D eigenvalue weighted by Crippen LogP contribution is 2.22. The quantitative estimate of drug-likeness (QED) is 0.652. The highest BCUT2D eigenvalue weighted by atomic mass is 16.5. The van der Waals surface area contributed by atoms with Gasteiger partial charge in [-0.25, -0.2) is 0 Å². The second-order valence-corrected chi connectivity index (χ2v) is 3.50. The van der Waals surface area contributed by atoms with Gasteiger partial charge in [-0.1, -0.05) is 6.92 Å². The van der Waals surface area contributed by atoms with Crippen molar-refractivity contribution in [2.75, 3.05) is 7.11 Å². The third-order valence-electron chi connectivity index (χ3n) is 2.46. The standard InChI is InChI=1S/C10H17NO2/c1-6-5-9(13-4)10(12)7(2)8(3)11-6/h5,7-8,11-12H,1-4H3/t7-,8+/m1/s1. The number of nitrogens with one attached hydrogen (secondary N) is 1. The minimum absolute atomic E-state index is 0.0728. The number of rotatable bonds is 1. The van der Waals surface area contributed by atoms with E-state index in [4.69, 9.17) is 4.74 Å². The minimum atomic E-state index is 0.0728. The Morgan fingerprint density at radius 2 is 2.08 bits per heavy atom. The maximum atomic E-state index is 9.78. The fraction of sp³-hybridized carbons (Fsp3) is 0.600. The normalized spacial score (nSPS) is 29.1. The van der Waals surface area contributed by atoms with Crippen LogP contribution >= 0.6 is 0 Å². The van der Waals surface area contributed by atoms with Crippen LogP contribution in [0.25, 0.3) is 0 Å². The Labute approximate surface area is 79.1 Å². The molecule has 0 amide bonds. The lowest BCUT2D eigenvalue weighted by Crippen LogP contribution is -2.30. The van der Waals surface area contributed by atoms with Gasteiger partial charge in [0.2, 0.25) is 0 Å². The van der Waals surface area contributed by atoms with Crippen molar-refractivity contribution < 1.29 is 9.84 Å². The van der Waals surface area contributed by atoms with Crippen molar-refractivity contribution in [3.8, 4) is 0 Å². The predicted molar refractivity (Wildman–Crippen MR) is 52.2 cm³/mol. The van der Waals surface area contributed by atoms with Crippen LogP contribution < -0.4 is 5.32 Å². The molecule has 0 aromatic carbocycles. The molecule has 0 bridgehead atoms. The molecule has 0 aliphatic carbocycles. The van der Waals surface area contributed by atoms with Gasteiger partial charge in [-0.05, 0) is 13.8 Å². The SMILES string of the molecule is COC1=C(O)[C@H](C)[C@H](C)NC(C)=C1. The Hall–Kier alpha value is -1.12. The second kappa shape index (κ2) is 3.73. The molecule has 2 N–H and O–H groups in total. The van der Waals surface area contributed by atoms with Gasteiger partial charge in [0.25, 0.3) is 0 Å². The first-order valence-corrected chi connectivity index (χ1v) is 4.48. The molecule has 3 nitrogen and oxygen atoms in total. The van der Waals surface area contributed by atoms with Crippen LogP contribution in [0.1, 0.15) is 20.8 Å². The lowest BCUT2D eigenvalue weighted by molar-refractivity contribution is 0.237. The van der Waals surface area contributed by atoms with E-state index in [2.05, 4.69) is 5.32 Å². The lowest BCUT2D eigenvalue weighted by Gasteiger charge is -2.19. The van der Waals surface area contributed by atoms with Crippen LogP contribution in [0.5, 0.6) is 0 Å². The van der Waals surface area contributed by atoms with Crippen molar-refractivity contribution in [1.82, 2.24) is 5.32 Å². The molecule has 0 aromatic heterocycles. The first kappa shape index (κ1) is 9.96. The van der Waals surface area contributed by atoms with Gasteiger partial charge >= 0.3 is 0 Å². The van der Waals surface area contributed by atoms with Gasteiger partial charge in [0.05, 0.1) is 7.11 Å².